The Hall–Kier alpha value is -3.25. The average Bonchev–Trinajstić information content (AvgIpc) is 2.87. The SMILES string of the molecule is CCN(CC)c1ccc2c(-c3ccc(S(=O)(=O)O)c(S(=O)(=O)O)c3)c3ccc(=[N+](CC)CC)cc-3oc2c1. The maximum Gasteiger partial charge on any atom is 0.295 e. The lowest BCUT2D eigenvalue weighted by Crippen LogP contribution is -2.29. The Kier molecular flexibility index (Phi) is 7.67. The fraction of sp³-hybridized carbons (Fsp3) is 0.296. The highest BCUT2D eigenvalue weighted by atomic mass is 32.2. The van der Waals surface area contributed by atoms with E-state index in [0.717, 1.165) is 49.4 Å². The summed E-state index contributed by atoms with van der Waals surface area (Å²) in [6.45, 7) is 11.4. The molecule has 4 rings (SSSR count). The van der Waals surface area contributed by atoms with Crippen molar-refractivity contribution in [3.63, 3.8) is 0 Å². The third-order valence-corrected chi connectivity index (χ3v) is 8.67. The van der Waals surface area contributed by atoms with Gasteiger partial charge in [-0.1, -0.05) is 6.07 Å². The van der Waals surface area contributed by atoms with E-state index in [0.29, 0.717) is 33.4 Å². The van der Waals surface area contributed by atoms with Gasteiger partial charge >= 0.3 is 0 Å². The Balaban J connectivity index is 2.15. The molecule has 0 spiro atoms. The van der Waals surface area contributed by atoms with Gasteiger partial charge < -0.3 is 9.32 Å². The predicted molar refractivity (Wildman–Crippen MR) is 148 cm³/mol. The molecule has 0 saturated carbocycles. The zero-order chi connectivity index (χ0) is 27.8. The molecular formula is C27H31N2O7S2+. The second-order valence-corrected chi connectivity index (χ2v) is 11.6. The van der Waals surface area contributed by atoms with E-state index in [-0.39, 0.29) is 0 Å². The third kappa shape index (κ3) is 5.19. The fourth-order valence-electron chi connectivity index (χ4n) is 4.83. The van der Waals surface area contributed by atoms with Crippen LogP contribution in [0, 0.1) is 0 Å². The zero-order valence-corrected chi connectivity index (χ0v) is 23.3. The molecule has 9 nitrogen and oxygen atoms in total. The highest BCUT2D eigenvalue weighted by Gasteiger charge is 2.26. The summed E-state index contributed by atoms with van der Waals surface area (Å²) in [5, 5.41) is 1.63. The van der Waals surface area contributed by atoms with Crippen molar-refractivity contribution in [1.82, 2.24) is 4.58 Å². The van der Waals surface area contributed by atoms with Crippen LogP contribution in [0.3, 0.4) is 0 Å². The largest absolute Gasteiger partial charge is 0.456 e. The maximum absolute atomic E-state index is 12.1. The van der Waals surface area contributed by atoms with E-state index in [4.69, 9.17) is 4.42 Å². The van der Waals surface area contributed by atoms with Gasteiger partial charge in [0.25, 0.3) is 20.2 Å². The van der Waals surface area contributed by atoms with Crippen molar-refractivity contribution in [1.29, 1.82) is 0 Å². The summed E-state index contributed by atoms with van der Waals surface area (Å²) in [5.74, 6) is 0.556. The molecule has 1 aliphatic carbocycles. The molecule has 0 amide bonds. The second-order valence-electron chi connectivity index (χ2n) is 8.79. The van der Waals surface area contributed by atoms with E-state index in [9.17, 15) is 25.9 Å². The van der Waals surface area contributed by atoms with Gasteiger partial charge in [0.15, 0.2) is 0 Å². The van der Waals surface area contributed by atoms with Crippen molar-refractivity contribution in [2.45, 2.75) is 37.5 Å². The zero-order valence-electron chi connectivity index (χ0n) is 21.7. The van der Waals surface area contributed by atoms with Gasteiger partial charge in [0.1, 0.15) is 34.2 Å². The van der Waals surface area contributed by atoms with E-state index in [1.807, 2.05) is 36.4 Å². The maximum atomic E-state index is 12.1. The molecule has 1 heterocycles. The van der Waals surface area contributed by atoms with Gasteiger partial charge in [-0.2, -0.15) is 16.8 Å². The van der Waals surface area contributed by atoms with Crippen LogP contribution >= 0.6 is 0 Å². The van der Waals surface area contributed by atoms with Gasteiger partial charge in [-0.15, -0.1) is 0 Å². The number of benzene rings is 3. The molecule has 0 radical (unpaired) electrons. The molecule has 2 aromatic carbocycles. The summed E-state index contributed by atoms with van der Waals surface area (Å²) in [4.78, 5) is 0.368. The Labute approximate surface area is 222 Å². The molecular weight excluding hydrogens is 528 g/mol. The number of rotatable bonds is 8. The minimum atomic E-state index is -4.98. The minimum Gasteiger partial charge on any atom is -0.456 e. The van der Waals surface area contributed by atoms with Crippen molar-refractivity contribution in [3.8, 4) is 22.5 Å². The minimum absolute atomic E-state index is 0.335. The molecule has 2 aliphatic rings. The summed E-state index contributed by atoms with van der Waals surface area (Å²) in [5.41, 5.74) is 3.12. The van der Waals surface area contributed by atoms with Crippen LogP contribution in [0.5, 0.6) is 0 Å². The van der Waals surface area contributed by atoms with E-state index in [2.05, 4.69) is 37.2 Å². The third-order valence-electron chi connectivity index (χ3n) is 6.73. The highest BCUT2D eigenvalue weighted by molar-refractivity contribution is 7.89. The highest BCUT2D eigenvalue weighted by Crippen LogP contribution is 2.42. The Bertz CT molecular complexity index is 1770. The molecule has 0 saturated heterocycles. The van der Waals surface area contributed by atoms with Crippen molar-refractivity contribution in [2.24, 2.45) is 0 Å². The van der Waals surface area contributed by atoms with Gasteiger partial charge in [-0.25, -0.2) is 4.58 Å². The molecule has 2 N–H and O–H groups in total. The van der Waals surface area contributed by atoms with E-state index >= 15 is 0 Å². The van der Waals surface area contributed by atoms with Crippen molar-refractivity contribution in [2.75, 3.05) is 31.1 Å². The van der Waals surface area contributed by atoms with E-state index in [1.54, 1.807) is 0 Å². The summed E-state index contributed by atoms with van der Waals surface area (Å²) < 4.78 is 75.9. The van der Waals surface area contributed by atoms with E-state index in [1.165, 1.54) is 6.07 Å². The summed E-state index contributed by atoms with van der Waals surface area (Å²) in [6, 6.07) is 14.9. The lowest BCUT2D eigenvalue weighted by Gasteiger charge is -2.22. The van der Waals surface area contributed by atoms with Gasteiger partial charge in [-0.05, 0) is 63.6 Å². The van der Waals surface area contributed by atoms with Crippen LogP contribution in [0.2, 0.25) is 0 Å². The van der Waals surface area contributed by atoms with Crippen LogP contribution < -0.4 is 14.8 Å². The van der Waals surface area contributed by atoms with Crippen LogP contribution in [-0.2, 0) is 20.2 Å². The first-order valence-corrected chi connectivity index (χ1v) is 15.2. The van der Waals surface area contributed by atoms with E-state index < -0.39 is 30.0 Å². The summed E-state index contributed by atoms with van der Waals surface area (Å²) in [7, 11) is -9.89. The number of nitrogens with zero attached hydrogens (tertiary/aromatic N) is 2. The van der Waals surface area contributed by atoms with Crippen LogP contribution in [0.25, 0.3) is 33.4 Å². The van der Waals surface area contributed by atoms with Crippen LogP contribution in [0.1, 0.15) is 27.7 Å². The predicted octanol–water partition coefficient (Wildman–Crippen LogP) is 4.36. The molecule has 38 heavy (non-hydrogen) atoms. The molecule has 202 valence electrons. The Morgan fingerprint density at radius 1 is 0.789 bits per heavy atom. The first-order valence-electron chi connectivity index (χ1n) is 12.4. The van der Waals surface area contributed by atoms with Crippen LogP contribution in [-0.4, -0.2) is 52.1 Å². The normalized spacial score (nSPS) is 12.3. The molecule has 1 aliphatic heterocycles. The smallest absolute Gasteiger partial charge is 0.295 e. The van der Waals surface area contributed by atoms with Gasteiger partial charge in [0.05, 0.1) is 6.07 Å². The first kappa shape index (κ1) is 27.8. The summed E-state index contributed by atoms with van der Waals surface area (Å²) >= 11 is 0. The van der Waals surface area contributed by atoms with Crippen molar-refractivity contribution < 1.29 is 30.4 Å². The molecule has 0 atom stereocenters. The second kappa shape index (κ2) is 10.5. The number of anilines is 1. The Morgan fingerprint density at radius 3 is 2.03 bits per heavy atom. The fourth-order valence-corrected chi connectivity index (χ4v) is 6.61. The molecule has 0 unspecified atom stereocenters. The van der Waals surface area contributed by atoms with Gasteiger partial charge in [0, 0.05) is 47.4 Å². The molecule has 0 aromatic heterocycles. The average molecular weight is 560 g/mol. The molecule has 11 heteroatoms. The topological polar surface area (TPSA) is 128 Å². The van der Waals surface area contributed by atoms with Crippen LogP contribution in [0.15, 0.2) is 68.8 Å². The molecule has 0 fully saturated rings. The molecule has 2 aromatic rings. The lowest BCUT2D eigenvalue weighted by molar-refractivity contribution is 0.466. The number of hydrogen-bond donors (Lipinski definition) is 2. The monoisotopic (exact) mass is 559 g/mol. The van der Waals surface area contributed by atoms with Crippen molar-refractivity contribution in [3.05, 3.63) is 60.0 Å². The van der Waals surface area contributed by atoms with Crippen molar-refractivity contribution >= 4 is 36.9 Å². The summed E-state index contributed by atoms with van der Waals surface area (Å²) in [6.07, 6.45) is 0. The van der Waals surface area contributed by atoms with Gasteiger partial charge in [0.2, 0.25) is 5.36 Å². The molecule has 0 bridgehead atoms. The standard InChI is InChI=1S/C27H30N2O7S2/c1-5-28(6-2)19-10-12-21-23(16-19)36-24-17-20(29(7-3)8-4)11-13-22(24)27(21)18-9-14-25(37(30,31)32)26(15-18)38(33,34)35/h9-17H,5-8H2,1-4H3,(H-,30,31,32,33,34,35)/p+1. The van der Waals surface area contributed by atoms with Crippen LogP contribution in [0.4, 0.5) is 5.69 Å². The first-order chi connectivity index (χ1) is 17.9. The Morgan fingerprint density at radius 2 is 1.45 bits per heavy atom. The van der Waals surface area contributed by atoms with Gasteiger partial charge in [-0.3, -0.25) is 9.11 Å². The number of fused-ring (bicyclic) bond motifs is 2. The quantitative estimate of drug-likeness (QED) is 0.185. The number of hydrogen-bond acceptors (Lipinski definition) is 6. The lowest BCUT2D eigenvalue weighted by atomic mass is 9.93.